The highest BCUT2D eigenvalue weighted by atomic mass is 32.2. The normalized spacial score (nSPS) is 20.1. The van der Waals surface area contributed by atoms with Crippen LogP contribution in [0.2, 0.25) is 0 Å². The second-order valence-electron chi connectivity index (χ2n) is 4.65. The third-order valence-corrected chi connectivity index (χ3v) is 6.04. The van der Waals surface area contributed by atoms with Crippen LogP contribution in [-0.2, 0) is 9.84 Å². The minimum Gasteiger partial charge on any atom is -0.344 e. The summed E-state index contributed by atoms with van der Waals surface area (Å²) < 4.78 is 24.0. The van der Waals surface area contributed by atoms with Crippen molar-refractivity contribution in [3.63, 3.8) is 0 Å². The van der Waals surface area contributed by atoms with E-state index in [0.29, 0.717) is 21.8 Å². The van der Waals surface area contributed by atoms with Gasteiger partial charge in [-0.05, 0) is 29.5 Å². The van der Waals surface area contributed by atoms with E-state index in [-0.39, 0.29) is 17.7 Å². The fourth-order valence-corrected chi connectivity index (χ4v) is 4.63. The molecule has 4 nitrogen and oxygen atoms in total. The van der Waals surface area contributed by atoms with Crippen molar-refractivity contribution in [3.8, 4) is 0 Å². The lowest BCUT2D eigenvalue weighted by Gasteiger charge is -2.26. The molecule has 0 aliphatic carbocycles. The van der Waals surface area contributed by atoms with Crippen LogP contribution < -0.4 is 5.32 Å². The fourth-order valence-electron chi connectivity index (χ4n) is 2.38. The van der Waals surface area contributed by atoms with Gasteiger partial charge in [0.1, 0.15) is 0 Å². The van der Waals surface area contributed by atoms with Crippen molar-refractivity contribution in [1.82, 2.24) is 5.32 Å². The topological polar surface area (TPSA) is 63.2 Å². The van der Waals surface area contributed by atoms with Crippen LogP contribution in [0.4, 0.5) is 0 Å². The summed E-state index contributed by atoms with van der Waals surface area (Å²) in [5, 5.41) is 4.76. The van der Waals surface area contributed by atoms with E-state index >= 15 is 0 Å². The quantitative estimate of drug-likeness (QED) is 0.926. The molecule has 1 aliphatic heterocycles. The van der Waals surface area contributed by atoms with E-state index in [9.17, 15) is 13.2 Å². The Kier molecular flexibility index (Phi) is 3.35. The van der Waals surface area contributed by atoms with Gasteiger partial charge in [0.2, 0.25) is 0 Å². The molecule has 1 aromatic carbocycles. The third kappa shape index (κ3) is 2.36. The van der Waals surface area contributed by atoms with Crippen LogP contribution in [0.1, 0.15) is 27.7 Å². The van der Waals surface area contributed by atoms with E-state index in [2.05, 4.69) is 5.32 Å². The number of rotatable bonds is 2. The molecule has 0 bridgehead atoms. The Hall–Kier alpha value is -1.66. The van der Waals surface area contributed by atoms with E-state index in [4.69, 9.17) is 0 Å². The highest BCUT2D eigenvalue weighted by Crippen LogP contribution is 2.32. The van der Waals surface area contributed by atoms with Crippen molar-refractivity contribution >= 4 is 27.1 Å². The SMILES string of the molecule is O=C(N[C@@H]1CCS(=O)(=O)c2ccccc21)c1cccs1. The number of fused-ring (bicyclic) bond motifs is 1. The lowest BCUT2D eigenvalue weighted by Crippen LogP contribution is -2.33. The molecule has 6 heteroatoms. The summed E-state index contributed by atoms with van der Waals surface area (Å²) in [6, 6.07) is 10.2. The van der Waals surface area contributed by atoms with Gasteiger partial charge in [0.25, 0.3) is 5.91 Å². The van der Waals surface area contributed by atoms with Gasteiger partial charge in [-0.15, -0.1) is 11.3 Å². The van der Waals surface area contributed by atoms with Gasteiger partial charge in [-0.25, -0.2) is 8.42 Å². The van der Waals surface area contributed by atoms with Gasteiger partial charge in [0, 0.05) is 0 Å². The zero-order chi connectivity index (χ0) is 14.2. The lowest BCUT2D eigenvalue weighted by atomic mass is 10.0. The molecule has 0 fully saturated rings. The van der Waals surface area contributed by atoms with Crippen LogP contribution in [0.3, 0.4) is 0 Å². The predicted octanol–water partition coefficient (Wildman–Crippen LogP) is 2.40. The van der Waals surface area contributed by atoms with Gasteiger partial charge in [-0.1, -0.05) is 24.3 Å². The molecule has 0 saturated heterocycles. The van der Waals surface area contributed by atoms with Gasteiger partial charge in [-0.2, -0.15) is 0 Å². The van der Waals surface area contributed by atoms with Gasteiger partial charge < -0.3 is 5.32 Å². The monoisotopic (exact) mass is 307 g/mol. The van der Waals surface area contributed by atoms with Crippen LogP contribution in [0, 0.1) is 0 Å². The average Bonchev–Trinajstić information content (AvgIpc) is 2.96. The molecular formula is C14H13NO3S2. The highest BCUT2D eigenvalue weighted by molar-refractivity contribution is 7.91. The number of nitrogens with one attached hydrogen (secondary N) is 1. The maximum Gasteiger partial charge on any atom is 0.261 e. The number of carbonyl (C=O) groups is 1. The van der Waals surface area contributed by atoms with Crippen molar-refractivity contribution in [2.24, 2.45) is 0 Å². The molecule has 0 unspecified atom stereocenters. The Bertz CT molecular complexity index is 736. The molecule has 1 atom stereocenters. The molecule has 3 rings (SSSR count). The third-order valence-electron chi connectivity index (χ3n) is 3.36. The number of carbonyl (C=O) groups excluding carboxylic acids is 1. The number of thiophene rings is 1. The average molecular weight is 307 g/mol. The molecule has 0 spiro atoms. The van der Waals surface area contributed by atoms with E-state index in [1.165, 1.54) is 11.3 Å². The summed E-state index contributed by atoms with van der Waals surface area (Å²) in [6.45, 7) is 0. The largest absolute Gasteiger partial charge is 0.344 e. The van der Waals surface area contributed by atoms with Crippen molar-refractivity contribution in [3.05, 3.63) is 52.2 Å². The van der Waals surface area contributed by atoms with Crippen molar-refractivity contribution in [1.29, 1.82) is 0 Å². The summed E-state index contributed by atoms with van der Waals surface area (Å²) >= 11 is 1.37. The minimum atomic E-state index is -3.21. The molecule has 0 radical (unpaired) electrons. The van der Waals surface area contributed by atoms with Gasteiger partial charge in [0.15, 0.2) is 9.84 Å². The van der Waals surface area contributed by atoms with Crippen LogP contribution in [0.25, 0.3) is 0 Å². The predicted molar refractivity (Wildman–Crippen MR) is 77.6 cm³/mol. The molecule has 2 aromatic rings. The standard InChI is InChI=1S/C14H13NO3S2/c16-14(12-5-3-8-19-12)15-11-7-9-20(17,18)13-6-2-1-4-10(11)13/h1-6,8,11H,7,9H2,(H,15,16)/t11-/m1/s1. The number of hydrogen-bond donors (Lipinski definition) is 1. The lowest BCUT2D eigenvalue weighted by molar-refractivity contribution is 0.0938. The molecule has 2 heterocycles. The first-order valence-corrected chi connectivity index (χ1v) is 8.77. The fraction of sp³-hybridized carbons (Fsp3) is 0.214. The molecule has 1 aromatic heterocycles. The van der Waals surface area contributed by atoms with Crippen molar-refractivity contribution in [2.75, 3.05) is 5.75 Å². The summed E-state index contributed by atoms with van der Waals surface area (Å²) in [5.74, 6) is -0.0848. The van der Waals surface area contributed by atoms with Gasteiger partial charge >= 0.3 is 0 Å². The van der Waals surface area contributed by atoms with Crippen molar-refractivity contribution < 1.29 is 13.2 Å². The van der Waals surface area contributed by atoms with E-state index in [1.54, 1.807) is 30.3 Å². The van der Waals surface area contributed by atoms with Crippen LogP contribution in [-0.4, -0.2) is 20.1 Å². The van der Waals surface area contributed by atoms with Gasteiger partial charge in [0.05, 0.1) is 21.6 Å². The number of amides is 1. The van der Waals surface area contributed by atoms with E-state index in [0.717, 1.165) is 0 Å². The molecule has 1 aliphatic rings. The first-order chi connectivity index (χ1) is 9.58. The summed E-state index contributed by atoms with van der Waals surface area (Å²) in [4.78, 5) is 13.1. The molecule has 20 heavy (non-hydrogen) atoms. The summed E-state index contributed by atoms with van der Waals surface area (Å²) in [5.41, 5.74) is 0.684. The number of benzene rings is 1. The highest BCUT2D eigenvalue weighted by Gasteiger charge is 2.30. The zero-order valence-electron chi connectivity index (χ0n) is 10.6. The molecule has 0 saturated carbocycles. The van der Waals surface area contributed by atoms with E-state index < -0.39 is 9.84 Å². The smallest absolute Gasteiger partial charge is 0.261 e. The maximum atomic E-state index is 12.1. The zero-order valence-corrected chi connectivity index (χ0v) is 12.2. The Morgan fingerprint density at radius 3 is 2.75 bits per heavy atom. The maximum absolute atomic E-state index is 12.1. The minimum absolute atomic E-state index is 0.0688. The molecule has 1 N–H and O–H groups in total. The Morgan fingerprint density at radius 2 is 2.00 bits per heavy atom. The van der Waals surface area contributed by atoms with Crippen LogP contribution in [0.5, 0.6) is 0 Å². The second-order valence-corrected chi connectivity index (χ2v) is 7.67. The first-order valence-electron chi connectivity index (χ1n) is 6.24. The molecular weight excluding hydrogens is 294 g/mol. The Morgan fingerprint density at radius 1 is 1.20 bits per heavy atom. The number of sulfone groups is 1. The molecule has 1 amide bonds. The molecule has 104 valence electrons. The van der Waals surface area contributed by atoms with Crippen molar-refractivity contribution in [2.45, 2.75) is 17.4 Å². The Balaban J connectivity index is 1.91. The second kappa shape index (κ2) is 5.03. The van der Waals surface area contributed by atoms with E-state index in [1.807, 2.05) is 11.4 Å². The Labute approximate surface area is 121 Å². The number of hydrogen-bond acceptors (Lipinski definition) is 4. The van der Waals surface area contributed by atoms with Gasteiger partial charge in [-0.3, -0.25) is 4.79 Å². The summed E-state index contributed by atoms with van der Waals surface area (Å²) in [6.07, 6.45) is 0.413. The van der Waals surface area contributed by atoms with Crippen LogP contribution in [0.15, 0.2) is 46.7 Å². The van der Waals surface area contributed by atoms with Crippen LogP contribution >= 0.6 is 11.3 Å². The first kappa shape index (κ1) is 13.3. The summed E-state index contributed by atoms with van der Waals surface area (Å²) in [7, 11) is -3.21.